The van der Waals surface area contributed by atoms with E-state index in [0.717, 1.165) is 31.7 Å². The SMILES string of the molecule is CCN(CC(=O)O)C1CC(NC(=O)C(C)CC2CCCC2)C1. The van der Waals surface area contributed by atoms with Crippen molar-refractivity contribution in [3.8, 4) is 0 Å². The van der Waals surface area contributed by atoms with Crippen molar-refractivity contribution in [2.75, 3.05) is 13.1 Å². The molecule has 0 radical (unpaired) electrons. The Hall–Kier alpha value is -1.10. The third-order valence-corrected chi connectivity index (χ3v) is 5.33. The van der Waals surface area contributed by atoms with E-state index in [1.807, 2.05) is 18.7 Å². The highest BCUT2D eigenvalue weighted by Gasteiger charge is 2.35. The molecule has 2 rings (SSSR count). The molecule has 2 saturated carbocycles. The molecule has 5 heteroatoms. The van der Waals surface area contributed by atoms with E-state index in [4.69, 9.17) is 5.11 Å². The predicted molar refractivity (Wildman–Crippen MR) is 85.6 cm³/mol. The molecule has 2 aliphatic rings. The van der Waals surface area contributed by atoms with Gasteiger partial charge >= 0.3 is 5.97 Å². The van der Waals surface area contributed by atoms with Gasteiger partial charge in [-0.15, -0.1) is 0 Å². The second kappa shape index (κ2) is 7.95. The molecule has 2 fully saturated rings. The van der Waals surface area contributed by atoms with Gasteiger partial charge in [-0.2, -0.15) is 0 Å². The van der Waals surface area contributed by atoms with Crippen molar-refractivity contribution in [1.29, 1.82) is 0 Å². The Morgan fingerprint density at radius 1 is 1.27 bits per heavy atom. The maximum Gasteiger partial charge on any atom is 0.317 e. The standard InChI is InChI=1S/C17H30N2O3/c1-3-19(11-16(20)21)15-9-14(10-15)18-17(22)12(2)8-13-6-4-5-7-13/h12-15H,3-11H2,1-2H3,(H,18,22)(H,20,21). The van der Waals surface area contributed by atoms with Gasteiger partial charge in [0, 0.05) is 18.0 Å². The van der Waals surface area contributed by atoms with E-state index in [9.17, 15) is 9.59 Å². The maximum absolute atomic E-state index is 12.2. The molecule has 0 spiro atoms. The summed E-state index contributed by atoms with van der Waals surface area (Å²) in [5, 5.41) is 12.0. The van der Waals surface area contributed by atoms with Gasteiger partial charge in [-0.25, -0.2) is 0 Å². The Morgan fingerprint density at radius 3 is 2.45 bits per heavy atom. The van der Waals surface area contributed by atoms with Gasteiger partial charge in [0.15, 0.2) is 0 Å². The lowest BCUT2D eigenvalue weighted by Gasteiger charge is -2.42. The number of hydrogen-bond acceptors (Lipinski definition) is 3. The van der Waals surface area contributed by atoms with E-state index in [1.165, 1.54) is 25.7 Å². The Balaban J connectivity index is 1.67. The summed E-state index contributed by atoms with van der Waals surface area (Å²) in [6, 6.07) is 0.530. The summed E-state index contributed by atoms with van der Waals surface area (Å²) in [6.07, 6.45) is 7.97. The van der Waals surface area contributed by atoms with E-state index >= 15 is 0 Å². The lowest BCUT2D eigenvalue weighted by atomic mass is 9.84. The van der Waals surface area contributed by atoms with E-state index in [-0.39, 0.29) is 24.4 Å². The Labute approximate surface area is 133 Å². The molecule has 1 atom stereocenters. The van der Waals surface area contributed by atoms with Crippen molar-refractivity contribution in [3.05, 3.63) is 0 Å². The molecule has 0 aromatic rings. The zero-order valence-electron chi connectivity index (χ0n) is 13.9. The average molecular weight is 310 g/mol. The summed E-state index contributed by atoms with van der Waals surface area (Å²) < 4.78 is 0. The summed E-state index contributed by atoms with van der Waals surface area (Å²) >= 11 is 0. The number of likely N-dealkylation sites (N-methyl/N-ethyl adjacent to an activating group) is 1. The summed E-state index contributed by atoms with van der Waals surface area (Å²) in [7, 11) is 0. The van der Waals surface area contributed by atoms with Crippen molar-refractivity contribution in [3.63, 3.8) is 0 Å². The topological polar surface area (TPSA) is 69.6 Å². The fourth-order valence-corrected chi connectivity index (χ4v) is 3.87. The van der Waals surface area contributed by atoms with Crippen LogP contribution < -0.4 is 5.32 Å². The lowest BCUT2D eigenvalue weighted by Crippen LogP contribution is -2.55. The smallest absolute Gasteiger partial charge is 0.317 e. The molecule has 0 aromatic carbocycles. The van der Waals surface area contributed by atoms with Crippen LogP contribution in [0.15, 0.2) is 0 Å². The van der Waals surface area contributed by atoms with Gasteiger partial charge in [-0.3, -0.25) is 14.5 Å². The van der Waals surface area contributed by atoms with Crippen molar-refractivity contribution in [2.45, 2.75) is 70.9 Å². The Bertz CT molecular complexity index is 387. The largest absolute Gasteiger partial charge is 0.480 e. The molecule has 0 aliphatic heterocycles. The molecule has 2 aliphatic carbocycles. The lowest BCUT2D eigenvalue weighted by molar-refractivity contribution is -0.140. The molecule has 22 heavy (non-hydrogen) atoms. The number of carbonyl (C=O) groups is 2. The van der Waals surface area contributed by atoms with Crippen LogP contribution in [0.3, 0.4) is 0 Å². The zero-order valence-corrected chi connectivity index (χ0v) is 13.9. The van der Waals surface area contributed by atoms with Crippen LogP contribution >= 0.6 is 0 Å². The number of hydrogen-bond donors (Lipinski definition) is 2. The van der Waals surface area contributed by atoms with Gasteiger partial charge < -0.3 is 10.4 Å². The Kier molecular flexibility index (Phi) is 6.24. The van der Waals surface area contributed by atoms with Crippen LogP contribution in [0.2, 0.25) is 0 Å². The fourth-order valence-electron chi connectivity index (χ4n) is 3.87. The van der Waals surface area contributed by atoms with Crippen LogP contribution in [0.1, 0.15) is 58.8 Å². The molecule has 2 N–H and O–H groups in total. The summed E-state index contributed by atoms with van der Waals surface area (Å²) in [5.74, 6) is 0.237. The number of carboxylic acids is 1. The molecule has 0 saturated heterocycles. The first-order valence-electron chi connectivity index (χ1n) is 8.75. The van der Waals surface area contributed by atoms with E-state index in [2.05, 4.69) is 5.32 Å². The minimum atomic E-state index is -0.778. The molecular formula is C17H30N2O3. The molecule has 0 aromatic heterocycles. The summed E-state index contributed by atoms with van der Waals surface area (Å²) in [5.41, 5.74) is 0. The highest BCUT2D eigenvalue weighted by atomic mass is 16.4. The van der Waals surface area contributed by atoms with Gasteiger partial charge in [0.25, 0.3) is 0 Å². The van der Waals surface area contributed by atoms with Crippen molar-refractivity contribution >= 4 is 11.9 Å². The number of nitrogens with zero attached hydrogens (tertiary/aromatic N) is 1. The van der Waals surface area contributed by atoms with Gasteiger partial charge in [-0.1, -0.05) is 39.5 Å². The fraction of sp³-hybridized carbons (Fsp3) is 0.882. The van der Waals surface area contributed by atoms with Gasteiger partial charge in [0.1, 0.15) is 0 Å². The molecule has 126 valence electrons. The minimum Gasteiger partial charge on any atom is -0.480 e. The minimum absolute atomic E-state index is 0.0971. The monoisotopic (exact) mass is 310 g/mol. The van der Waals surface area contributed by atoms with Gasteiger partial charge in [0.05, 0.1) is 6.54 Å². The molecule has 1 amide bonds. The summed E-state index contributed by atoms with van der Waals surface area (Å²) in [6.45, 7) is 4.86. The number of rotatable bonds is 8. The van der Waals surface area contributed by atoms with Gasteiger partial charge in [0.2, 0.25) is 5.91 Å². The first kappa shape index (κ1) is 17.3. The molecular weight excluding hydrogens is 280 g/mol. The average Bonchev–Trinajstić information content (AvgIpc) is 2.92. The van der Waals surface area contributed by atoms with Crippen LogP contribution in [-0.4, -0.2) is 47.1 Å². The number of carboxylic acid groups (broad SMARTS) is 1. The molecule has 0 bridgehead atoms. The van der Waals surface area contributed by atoms with Crippen molar-refractivity contribution in [2.24, 2.45) is 11.8 Å². The van der Waals surface area contributed by atoms with Crippen molar-refractivity contribution < 1.29 is 14.7 Å². The molecule has 0 heterocycles. The van der Waals surface area contributed by atoms with Crippen LogP contribution in [0.25, 0.3) is 0 Å². The quantitative estimate of drug-likeness (QED) is 0.721. The first-order valence-corrected chi connectivity index (χ1v) is 8.75. The van der Waals surface area contributed by atoms with Crippen LogP contribution in [-0.2, 0) is 9.59 Å². The molecule has 1 unspecified atom stereocenters. The normalized spacial score (nSPS) is 26.7. The highest BCUT2D eigenvalue weighted by Crippen LogP contribution is 2.31. The third-order valence-electron chi connectivity index (χ3n) is 5.33. The highest BCUT2D eigenvalue weighted by molar-refractivity contribution is 5.78. The molecule has 5 nitrogen and oxygen atoms in total. The zero-order chi connectivity index (χ0) is 16.1. The van der Waals surface area contributed by atoms with Crippen LogP contribution in [0.5, 0.6) is 0 Å². The van der Waals surface area contributed by atoms with E-state index < -0.39 is 5.97 Å². The van der Waals surface area contributed by atoms with Gasteiger partial charge in [-0.05, 0) is 31.7 Å². The number of nitrogens with one attached hydrogen (secondary N) is 1. The third kappa shape index (κ3) is 4.70. The number of carbonyl (C=O) groups excluding carboxylic acids is 1. The first-order chi connectivity index (χ1) is 10.5. The summed E-state index contributed by atoms with van der Waals surface area (Å²) in [4.78, 5) is 25.0. The number of amides is 1. The second-order valence-electron chi connectivity index (χ2n) is 7.07. The van der Waals surface area contributed by atoms with Crippen molar-refractivity contribution in [1.82, 2.24) is 10.2 Å². The predicted octanol–water partition coefficient (Wildman–Crippen LogP) is 2.26. The van der Waals surface area contributed by atoms with E-state index in [0.29, 0.717) is 6.04 Å². The van der Waals surface area contributed by atoms with Crippen LogP contribution in [0, 0.1) is 11.8 Å². The number of aliphatic carboxylic acids is 1. The van der Waals surface area contributed by atoms with Crippen LogP contribution in [0.4, 0.5) is 0 Å². The maximum atomic E-state index is 12.2. The second-order valence-corrected chi connectivity index (χ2v) is 7.07. The Morgan fingerprint density at radius 2 is 1.91 bits per heavy atom. The van der Waals surface area contributed by atoms with E-state index in [1.54, 1.807) is 0 Å².